The number of benzene rings is 1. The van der Waals surface area contributed by atoms with Crippen LogP contribution in [0, 0.1) is 6.92 Å². The molecule has 0 unspecified atom stereocenters. The second kappa shape index (κ2) is 6.60. The summed E-state index contributed by atoms with van der Waals surface area (Å²) in [6.07, 6.45) is 2.46. The summed E-state index contributed by atoms with van der Waals surface area (Å²) in [5, 5.41) is 2.97. The number of carbonyl (C=O) groups excluding carboxylic acids is 1. The maximum Gasteiger partial charge on any atom is 0.251 e. The first kappa shape index (κ1) is 15.2. The van der Waals surface area contributed by atoms with E-state index in [0.29, 0.717) is 13.0 Å². The molecule has 0 radical (unpaired) electrons. The molecule has 1 amide bonds. The van der Waals surface area contributed by atoms with Crippen LogP contribution in [0.15, 0.2) is 42.6 Å². The Morgan fingerprint density at radius 2 is 2.04 bits per heavy atom. The highest BCUT2D eigenvalue weighted by Gasteiger charge is 2.11. The number of nitrogens with one attached hydrogen (secondary N) is 1. The molecule has 0 fully saturated rings. The minimum atomic E-state index is -0.0413. The van der Waals surface area contributed by atoms with E-state index in [1.807, 2.05) is 43.3 Å². The lowest BCUT2D eigenvalue weighted by atomic mass is 10.1. The zero-order chi connectivity index (χ0) is 16.2. The van der Waals surface area contributed by atoms with Crippen molar-refractivity contribution in [2.75, 3.05) is 6.54 Å². The topological polar surface area (TPSA) is 59.8 Å². The second-order valence-corrected chi connectivity index (χ2v) is 5.44. The minimum absolute atomic E-state index is 0.0413. The maximum absolute atomic E-state index is 12.2. The van der Waals surface area contributed by atoms with Gasteiger partial charge >= 0.3 is 0 Å². The van der Waals surface area contributed by atoms with Gasteiger partial charge in [-0.1, -0.05) is 18.2 Å². The maximum atomic E-state index is 12.2. The zero-order valence-electron chi connectivity index (χ0n) is 13.4. The van der Waals surface area contributed by atoms with Gasteiger partial charge in [0.05, 0.1) is 0 Å². The smallest absolute Gasteiger partial charge is 0.251 e. The van der Waals surface area contributed by atoms with Crippen LogP contribution in [0.4, 0.5) is 0 Å². The predicted molar refractivity (Wildman–Crippen MR) is 90.4 cm³/mol. The van der Waals surface area contributed by atoms with Crippen molar-refractivity contribution in [1.29, 1.82) is 0 Å². The van der Waals surface area contributed by atoms with Gasteiger partial charge in [0.2, 0.25) is 0 Å². The summed E-state index contributed by atoms with van der Waals surface area (Å²) in [6.45, 7) is 5.38. The minimum Gasteiger partial charge on any atom is -0.352 e. The average Bonchev–Trinajstić information content (AvgIpc) is 2.92. The van der Waals surface area contributed by atoms with Gasteiger partial charge in [-0.15, -0.1) is 0 Å². The van der Waals surface area contributed by atoms with Gasteiger partial charge in [-0.05, 0) is 37.6 Å². The predicted octanol–water partition coefficient (Wildman–Crippen LogP) is 2.73. The van der Waals surface area contributed by atoms with Crippen LogP contribution >= 0.6 is 0 Å². The van der Waals surface area contributed by atoms with E-state index in [-0.39, 0.29) is 5.91 Å². The first-order chi connectivity index (χ1) is 11.2. The van der Waals surface area contributed by atoms with E-state index in [1.54, 1.807) is 6.20 Å². The van der Waals surface area contributed by atoms with Crippen LogP contribution in [0.5, 0.6) is 0 Å². The third-order valence-corrected chi connectivity index (χ3v) is 3.92. The number of hydrogen-bond donors (Lipinski definition) is 1. The molecule has 5 nitrogen and oxygen atoms in total. The number of nitrogens with zero attached hydrogens (tertiary/aromatic N) is 3. The quantitative estimate of drug-likeness (QED) is 0.788. The van der Waals surface area contributed by atoms with Crippen molar-refractivity contribution in [3.8, 4) is 0 Å². The fraction of sp³-hybridized carbons (Fsp3) is 0.278. The fourth-order valence-corrected chi connectivity index (χ4v) is 2.74. The molecule has 0 saturated heterocycles. The molecule has 1 N–H and O–H groups in total. The molecule has 0 bridgehead atoms. The molecule has 3 rings (SSSR count). The SMILES string of the molecule is CCn1c(CCNC(=O)c2ccccc2C)nc2cccnc21. The molecular weight excluding hydrogens is 288 g/mol. The number of amides is 1. The Hall–Kier alpha value is -2.69. The van der Waals surface area contributed by atoms with Crippen molar-refractivity contribution >= 4 is 17.1 Å². The van der Waals surface area contributed by atoms with E-state index >= 15 is 0 Å². The molecular formula is C18H20N4O. The molecule has 0 aliphatic carbocycles. The highest BCUT2D eigenvalue weighted by molar-refractivity contribution is 5.95. The van der Waals surface area contributed by atoms with Crippen LogP contribution in [0.1, 0.15) is 28.7 Å². The Morgan fingerprint density at radius 1 is 1.22 bits per heavy atom. The van der Waals surface area contributed by atoms with Crippen LogP contribution in [-0.4, -0.2) is 27.0 Å². The Kier molecular flexibility index (Phi) is 4.37. The third-order valence-electron chi connectivity index (χ3n) is 3.92. The lowest BCUT2D eigenvalue weighted by Crippen LogP contribution is -2.27. The molecule has 0 atom stereocenters. The van der Waals surface area contributed by atoms with Crippen molar-refractivity contribution in [3.05, 3.63) is 59.5 Å². The monoisotopic (exact) mass is 308 g/mol. The fourth-order valence-electron chi connectivity index (χ4n) is 2.74. The summed E-state index contributed by atoms with van der Waals surface area (Å²) >= 11 is 0. The van der Waals surface area contributed by atoms with E-state index in [1.165, 1.54) is 0 Å². The van der Waals surface area contributed by atoms with Gasteiger partial charge < -0.3 is 9.88 Å². The van der Waals surface area contributed by atoms with Crippen LogP contribution in [0.3, 0.4) is 0 Å². The Labute approximate surface area is 135 Å². The van der Waals surface area contributed by atoms with Gasteiger partial charge in [0, 0.05) is 31.3 Å². The molecule has 2 heterocycles. The van der Waals surface area contributed by atoms with Crippen molar-refractivity contribution in [2.24, 2.45) is 0 Å². The number of pyridine rings is 1. The van der Waals surface area contributed by atoms with Crippen molar-refractivity contribution in [1.82, 2.24) is 19.9 Å². The summed E-state index contributed by atoms with van der Waals surface area (Å²) < 4.78 is 2.09. The van der Waals surface area contributed by atoms with Gasteiger partial charge in [0.15, 0.2) is 5.65 Å². The van der Waals surface area contributed by atoms with Gasteiger partial charge in [0.1, 0.15) is 11.3 Å². The Balaban J connectivity index is 1.69. The van der Waals surface area contributed by atoms with E-state index in [4.69, 9.17) is 0 Å². The van der Waals surface area contributed by atoms with E-state index in [9.17, 15) is 4.79 Å². The van der Waals surface area contributed by atoms with Crippen molar-refractivity contribution in [2.45, 2.75) is 26.8 Å². The van der Waals surface area contributed by atoms with E-state index in [0.717, 1.165) is 34.7 Å². The number of rotatable bonds is 5. The van der Waals surface area contributed by atoms with E-state index in [2.05, 4.69) is 26.8 Å². The number of carbonyl (C=O) groups is 1. The third kappa shape index (κ3) is 3.08. The van der Waals surface area contributed by atoms with Crippen LogP contribution in [-0.2, 0) is 13.0 Å². The summed E-state index contributed by atoms with van der Waals surface area (Å²) in [5.41, 5.74) is 3.50. The number of imidazole rings is 1. The normalized spacial score (nSPS) is 10.9. The molecule has 0 aliphatic heterocycles. The first-order valence-electron chi connectivity index (χ1n) is 7.84. The first-order valence-corrected chi connectivity index (χ1v) is 7.84. The van der Waals surface area contributed by atoms with Gasteiger partial charge in [-0.2, -0.15) is 0 Å². The molecule has 0 aliphatic rings. The van der Waals surface area contributed by atoms with Gasteiger partial charge in [0.25, 0.3) is 5.91 Å². The van der Waals surface area contributed by atoms with Crippen molar-refractivity contribution in [3.63, 3.8) is 0 Å². The zero-order valence-corrected chi connectivity index (χ0v) is 13.4. The molecule has 2 aromatic heterocycles. The molecule has 118 valence electrons. The second-order valence-electron chi connectivity index (χ2n) is 5.44. The van der Waals surface area contributed by atoms with E-state index < -0.39 is 0 Å². The molecule has 3 aromatic rings. The Morgan fingerprint density at radius 3 is 2.83 bits per heavy atom. The molecule has 5 heteroatoms. The molecule has 0 spiro atoms. The molecule has 0 saturated carbocycles. The molecule has 1 aromatic carbocycles. The summed E-state index contributed by atoms with van der Waals surface area (Å²) in [5.74, 6) is 0.909. The molecule has 23 heavy (non-hydrogen) atoms. The lowest BCUT2D eigenvalue weighted by Gasteiger charge is -2.08. The standard InChI is InChI=1S/C18H20N4O/c1-3-22-16(21-15-9-6-11-19-17(15)22)10-12-20-18(23)14-8-5-4-7-13(14)2/h4-9,11H,3,10,12H2,1-2H3,(H,20,23). The van der Waals surface area contributed by atoms with Crippen LogP contribution < -0.4 is 5.32 Å². The summed E-state index contributed by atoms with van der Waals surface area (Å²) in [6, 6.07) is 11.4. The lowest BCUT2D eigenvalue weighted by molar-refractivity contribution is 0.0953. The van der Waals surface area contributed by atoms with Crippen LogP contribution in [0.25, 0.3) is 11.2 Å². The average molecular weight is 308 g/mol. The van der Waals surface area contributed by atoms with Crippen LogP contribution in [0.2, 0.25) is 0 Å². The highest BCUT2D eigenvalue weighted by Crippen LogP contribution is 2.13. The van der Waals surface area contributed by atoms with Gasteiger partial charge in [-0.3, -0.25) is 4.79 Å². The van der Waals surface area contributed by atoms with Gasteiger partial charge in [-0.25, -0.2) is 9.97 Å². The summed E-state index contributed by atoms with van der Waals surface area (Å²) in [7, 11) is 0. The largest absolute Gasteiger partial charge is 0.352 e. The number of aromatic nitrogens is 3. The number of aryl methyl sites for hydroxylation is 2. The number of hydrogen-bond acceptors (Lipinski definition) is 3. The summed E-state index contributed by atoms with van der Waals surface area (Å²) in [4.78, 5) is 21.2. The number of fused-ring (bicyclic) bond motifs is 1. The van der Waals surface area contributed by atoms with Crippen molar-refractivity contribution < 1.29 is 4.79 Å². The highest BCUT2D eigenvalue weighted by atomic mass is 16.1. The Bertz CT molecular complexity index is 838.